The summed E-state index contributed by atoms with van der Waals surface area (Å²) in [6, 6.07) is 0. The van der Waals surface area contributed by atoms with Crippen LogP contribution in [-0.4, -0.2) is 11.0 Å². The van der Waals surface area contributed by atoms with Crippen LogP contribution < -0.4 is 0 Å². The summed E-state index contributed by atoms with van der Waals surface area (Å²) in [5.74, 6) is 1.98. The second-order valence-corrected chi connectivity index (χ2v) is 3.95. The van der Waals surface area contributed by atoms with E-state index in [1.54, 1.807) is 0 Å². The van der Waals surface area contributed by atoms with Gasteiger partial charge in [-0.15, -0.1) is 0 Å². The van der Waals surface area contributed by atoms with Crippen molar-refractivity contribution in [3.63, 3.8) is 0 Å². The Labute approximate surface area is 68.2 Å². The first-order valence-electron chi connectivity index (χ1n) is 3.62. The molecule has 0 radical (unpaired) electrons. The minimum atomic E-state index is 0.536. The van der Waals surface area contributed by atoms with Crippen molar-refractivity contribution in [3.05, 3.63) is 0 Å². The lowest BCUT2D eigenvalue weighted by molar-refractivity contribution is 0.669. The van der Waals surface area contributed by atoms with Crippen molar-refractivity contribution in [3.8, 4) is 0 Å². The summed E-state index contributed by atoms with van der Waals surface area (Å²) in [5.41, 5.74) is 0. The number of hydrogen-bond donors (Lipinski definition) is 2. The largest absolute Gasteiger partial charge is 0.178 e. The van der Waals surface area contributed by atoms with Gasteiger partial charge in [0, 0.05) is 11.0 Å². The van der Waals surface area contributed by atoms with Crippen LogP contribution in [0.1, 0.15) is 25.7 Å². The molecule has 2 heteroatoms. The van der Waals surface area contributed by atoms with Gasteiger partial charge in [-0.05, 0) is 18.8 Å². The number of hydrogen-bond acceptors (Lipinski definition) is 2. The van der Waals surface area contributed by atoms with Crippen LogP contribution in [0, 0.1) is 5.92 Å². The molecule has 1 aliphatic rings. The molecule has 0 N–H and O–H groups in total. The van der Waals surface area contributed by atoms with Crippen molar-refractivity contribution < 1.29 is 0 Å². The molecule has 1 atom stereocenters. The van der Waals surface area contributed by atoms with E-state index in [2.05, 4.69) is 25.3 Å². The van der Waals surface area contributed by atoms with Gasteiger partial charge in [-0.2, -0.15) is 25.3 Å². The van der Waals surface area contributed by atoms with Crippen molar-refractivity contribution in [2.45, 2.75) is 30.9 Å². The lowest BCUT2D eigenvalue weighted by Crippen LogP contribution is -1.99. The number of rotatable bonds is 4. The highest BCUT2D eigenvalue weighted by molar-refractivity contribution is 7.84. The average Bonchev–Trinajstić information content (AvgIpc) is 2.65. The highest BCUT2D eigenvalue weighted by atomic mass is 32.1. The van der Waals surface area contributed by atoms with Gasteiger partial charge in [-0.25, -0.2) is 0 Å². The minimum Gasteiger partial charge on any atom is -0.178 e. The minimum absolute atomic E-state index is 0.536. The van der Waals surface area contributed by atoms with Gasteiger partial charge in [-0.3, -0.25) is 0 Å². The molecule has 0 bridgehead atoms. The quantitative estimate of drug-likeness (QED) is 0.583. The molecule has 0 saturated heterocycles. The summed E-state index contributed by atoms with van der Waals surface area (Å²) in [6.07, 6.45) is 5.58. The maximum Gasteiger partial charge on any atom is 0.0105 e. The fourth-order valence-corrected chi connectivity index (χ4v) is 1.26. The van der Waals surface area contributed by atoms with E-state index in [4.69, 9.17) is 0 Å². The molecule has 0 aromatic rings. The first-order valence-corrected chi connectivity index (χ1v) is 4.76. The standard InChI is InChI=1S/C7H14S2/c8-5-7(9)4-3-6-1-2-6/h6-9H,1-5H2. The van der Waals surface area contributed by atoms with Gasteiger partial charge < -0.3 is 0 Å². The summed E-state index contributed by atoms with van der Waals surface area (Å²) < 4.78 is 0. The lowest BCUT2D eigenvalue weighted by atomic mass is 10.2. The maximum atomic E-state index is 4.36. The summed E-state index contributed by atoms with van der Waals surface area (Å²) in [6.45, 7) is 0. The summed E-state index contributed by atoms with van der Waals surface area (Å²) in [5, 5.41) is 0.536. The van der Waals surface area contributed by atoms with Crippen molar-refractivity contribution in [1.29, 1.82) is 0 Å². The molecule has 0 aromatic heterocycles. The number of thiol groups is 2. The van der Waals surface area contributed by atoms with Gasteiger partial charge in [-0.1, -0.05) is 12.8 Å². The van der Waals surface area contributed by atoms with E-state index in [1.165, 1.54) is 25.7 Å². The summed E-state index contributed by atoms with van der Waals surface area (Å²) >= 11 is 8.52. The van der Waals surface area contributed by atoms with Crippen LogP contribution >= 0.6 is 25.3 Å². The van der Waals surface area contributed by atoms with Gasteiger partial charge in [0.25, 0.3) is 0 Å². The molecule has 1 unspecified atom stereocenters. The van der Waals surface area contributed by atoms with Gasteiger partial charge in [0.05, 0.1) is 0 Å². The summed E-state index contributed by atoms with van der Waals surface area (Å²) in [7, 11) is 0. The van der Waals surface area contributed by atoms with Crippen LogP contribution in [0.3, 0.4) is 0 Å². The monoisotopic (exact) mass is 162 g/mol. The molecular weight excluding hydrogens is 148 g/mol. The zero-order valence-corrected chi connectivity index (χ0v) is 7.37. The Morgan fingerprint density at radius 3 is 2.56 bits per heavy atom. The van der Waals surface area contributed by atoms with E-state index >= 15 is 0 Å². The van der Waals surface area contributed by atoms with E-state index in [0.717, 1.165) is 11.7 Å². The molecular formula is C7H14S2. The second-order valence-electron chi connectivity index (χ2n) is 2.86. The van der Waals surface area contributed by atoms with Gasteiger partial charge in [0.1, 0.15) is 0 Å². The van der Waals surface area contributed by atoms with E-state index in [1.807, 2.05) is 0 Å². The van der Waals surface area contributed by atoms with Crippen LogP contribution in [0.5, 0.6) is 0 Å². The molecule has 0 aliphatic heterocycles. The van der Waals surface area contributed by atoms with Crippen LogP contribution in [0.2, 0.25) is 0 Å². The molecule has 0 nitrogen and oxygen atoms in total. The molecule has 0 aromatic carbocycles. The van der Waals surface area contributed by atoms with Gasteiger partial charge in [0.15, 0.2) is 0 Å². The Bertz CT molecular complexity index is 79.0. The zero-order valence-electron chi connectivity index (χ0n) is 5.58. The van der Waals surface area contributed by atoms with Crippen LogP contribution in [0.15, 0.2) is 0 Å². The van der Waals surface area contributed by atoms with E-state index in [-0.39, 0.29) is 0 Å². The van der Waals surface area contributed by atoms with Crippen LogP contribution in [-0.2, 0) is 0 Å². The second kappa shape index (κ2) is 3.77. The molecule has 1 rings (SSSR count). The molecule has 0 heterocycles. The molecule has 1 fully saturated rings. The van der Waals surface area contributed by atoms with Crippen LogP contribution in [0.4, 0.5) is 0 Å². The topological polar surface area (TPSA) is 0 Å². The predicted molar refractivity (Wildman–Crippen MR) is 48.6 cm³/mol. The van der Waals surface area contributed by atoms with Crippen LogP contribution in [0.25, 0.3) is 0 Å². The molecule has 0 spiro atoms. The molecule has 1 saturated carbocycles. The average molecular weight is 162 g/mol. The van der Waals surface area contributed by atoms with Crippen molar-refractivity contribution in [2.75, 3.05) is 5.75 Å². The normalized spacial score (nSPS) is 22.0. The fourth-order valence-electron chi connectivity index (χ4n) is 0.926. The summed E-state index contributed by atoms with van der Waals surface area (Å²) in [4.78, 5) is 0. The molecule has 1 aliphatic carbocycles. The van der Waals surface area contributed by atoms with E-state index in [0.29, 0.717) is 5.25 Å². The lowest BCUT2D eigenvalue weighted by Gasteiger charge is -2.04. The highest BCUT2D eigenvalue weighted by Gasteiger charge is 2.21. The molecule has 0 amide bonds. The first kappa shape index (κ1) is 7.80. The smallest absolute Gasteiger partial charge is 0.0105 e. The van der Waals surface area contributed by atoms with Crippen molar-refractivity contribution in [2.24, 2.45) is 5.92 Å². The third-order valence-corrected chi connectivity index (χ3v) is 2.99. The Kier molecular flexibility index (Phi) is 3.27. The SMILES string of the molecule is SCC(S)CCC1CC1. The zero-order chi connectivity index (χ0) is 6.69. The van der Waals surface area contributed by atoms with E-state index in [9.17, 15) is 0 Å². The third-order valence-electron chi connectivity index (χ3n) is 1.82. The van der Waals surface area contributed by atoms with Crippen molar-refractivity contribution in [1.82, 2.24) is 0 Å². The molecule has 54 valence electrons. The van der Waals surface area contributed by atoms with Crippen molar-refractivity contribution >= 4 is 25.3 Å². The Hall–Kier alpha value is 0.700. The highest BCUT2D eigenvalue weighted by Crippen LogP contribution is 2.34. The molecule has 9 heavy (non-hydrogen) atoms. The Morgan fingerprint density at radius 2 is 2.11 bits per heavy atom. The first-order chi connectivity index (χ1) is 4.33. The van der Waals surface area contributed by atoms with E-state index < -0.39 is 0 Å². The Morgan fingerprint density at radius 1 is 1.44 bits per heavy atom. The third kappa shape index (κ3) is 3.41. The fraction of sp³-hybridized carbons (Fsp3) is 1.00. The van der Waals surface area contributed by atoms with Gasteiger partial charge in [0.2, 0.25) is 0 Å². The maximum absolute atomic E-state index is 4.36. The Balaban J connectivity index is 1.90. The van der Waals surface area contributed by atoms with Gasteiger partial charge >= 0.3 is 0 Å². The predicted octanol–water partition coefficient (Wildman–Crippen LogP) is 2.40.